The van der Waals surface area contributed by atoms with E-state index in [1.807, 2.05) is 18.2 Å². The molecular formula is C30H33N3O2. The first-order valence-corrected chi connectivity index (χ1v) is 12.6. The highest BCUT2D eigenvalue weighted by Gasteiger charge is 2.39. The summed E-state index contributed by atoms with van der Waals surface area (Å²) in [6.45, 7) is 3.23. The van der Waals surface area contributed by atoms with Crippen LogP contribution in [-0.2, 0) is 11.3 Å². The number of carbonyl (C=O) groups excluding carboxylic acids is 1. The lowest BCUT2D eigenvalue weighted by atomic mass is 10.0. The van der Waals surface area contributed by atoms with Crippen LogP contribution in [0.1, 0.15) is 41.9 Å². The van der Waals surface area contributed by atoms with E-state index in [1.165, 1.54) is 36.5 Å². The van der Waals surface area contributed by atoms with Crippen LogP contribution in [-0.4, -0.2) is 36.0 Å². The van der Waals surface area contributed by atoms with Crippen LogP contribution in [0, 0.1) is 0 Å². The van der Waals surface area contributed by atoms with Gasteiger partial charge in [0.1, 0.15) is 0 Å². The zero-order valence-electron chi connectivity index (χ0n) is 20.0. The fraction of sp³-hybridized carbons (Fsp3) is 0.300. The van der Waals surface area contributed by atoms with Crippen molar-refractivity contribution in [2.24, 2.45) is 0 Å². The summed E-state index contributed by atoms with van der Waals surface area (Å²) in [5.74, 6) is 1.00. The summed E-state index contributed by atoms with van der Waals surface area (Å²) in [6.07, 6.45) is 6.97. The Morgan fingerprint density at radius 2 is 1.60 bits per heavy atom. The van der Waals surface area contributed by atoms with Gasteiger partial charge in [0.05, 0.1) is 0 Å². The van der Waals surface area contributed by atoms with Gasteiger partial charge in [0.15, 0.2) is 5.75 Å². The van der Waals surface area contributed by atoms with Gasteiger partial charge in [0.2, 0.25) is 0 Å². The van der Waals surface area contributed by atoms with E-state index in [-0.39, 0.29) is 5.91 Å². The van der Waals surface area contributed by atoms with Crippen LogP contribution in [0.4, 0.5) is 0 Å². The molecule has 2 unspecified atom stereocenters. The monoisotopic (exact) mass is 467 g/mol. The standard InChI is InChI=1S/C30H33N3O2/c34-30(32-35-27-9-5-2-6-10-27)16-15-23-11-13-24(14-12-23)22-33-19-17-26(18-20-33)31-29-21-28(29)25-7-3-1-4-8-25/h1-16,26,28-29,31H,17-22H2,(H,32,34)/b16-15+. The van der Waals surface area contributed by atoms with Gasteiger partial charge in [-0.2, -0.15) is 5.48 Å². The van der Waals surface area contributed by atoms with Crippen molar-refractivity contribution in [1.82, 2.24) is 15.7 Å². The number of hydrogen-bond acceptors (Lipinski definition) is 4. The molecule has 1 aliphatic heterocycles. The molecule has 5 rings (SSSR count). The molecule has 3 aromatic rings. The van der Waals surface area contributed by atoms with Gasteiger partial charge >= 0.3 is 0 Å². The van der Waals surface area contributed by atoms with Crippen molar-refractivity contribution in [2.75, 3.05) is 13.1 Å². The van der Waals surface area contributed by atoms with Crippen molar-refractivity contribution in [1.29, 1.82) is 0 Å². The molecule has 0 aromatic heterocycles. The number of amides is 1. The second-order valence-electron chi connectivity index (χ2n) is 9.53. The quantitative estimate of drug-likeness (QED) is 0.346. The van der Waals surface area contributed by atoms with Crippen LogP contribution < -0.4 is 15.6 Å². The Labute approximate surface area is 207 Å². The van der Waals surface area contributed by atoms with Crippen molar-refractivity contribution >= 4 is 12.0 Å². The number of hydroxylamine groups is 1. The number of nitrogens with one attached hydrogen (secondary N) is 2. The van der Waals surface area contributed by atoms with Crippen molar-refractivity contribution in [3.8, 4) is 5.75 Å². The third-order valence-electron chi connectivity index (χ3n) is 6.88. The van der Waals surface area contributed by atoms with E-state index in [4.69, 9.17) is 4.84 Å². The smallest absolute Gasteiger partial charge is 0.276 e. The van der Waals surface area contributed by atoms with Crippen molar-refractivity contribution in [3.63, 3.8) is 0 Å². The van der Waals surface area contributed by atoms with Gasteiger partial charge in [0, 0.05) is 30.6 Å². The average Bonchev–Trinajstić information content (AvgIpc) is 3.68. The molecule has 3 aromatic carbocycles. The Hall–Kier alpha value is -3.41. The van der Waals surface area contributed by atoms with Gasteiger partial charge in [-0.25, -0.2) is 0 Å². The molecule has 0 spiro atoms. The van der Waals surface area contributed by atoms with E-state index >= 15 is 0 Å². The van der Waals surface area contributed by atoms with Crippen molar-refractivity contribution < 1.29 is 9.63 Å². The second-order valence-corrected chi connectivity index (χ2v) is 9.53. The highest BCUT2D eigenvalue weighted by Crippen LogP contribution is 2.41. The summed E-state index contributed by atoms with van der Waals surface area (Å²) in [4.78, 5) is 19.8. The summed E-state index contributed by atoms with van der Waals surface area (Å²) >= 11 is 0. The predicted octanol–water partition coefficient (Wildman–Crippen LogP) is 4.92. The molecule has 2 fully saturated rings. The molecule has 0 bridgehead atoms. The number of para-hydroxylation sites is 1. The number of piperidine rings is 1. The van der Waals surface area contributed by atoms with Crippen LogP contribution in [0.15, 0.2) is 91.0 Å². The summed E-state index contributed by atoms with van der Waals surface area (Å²) < 4.78 is 0. The topological polar surface area (TPSA) is 53.6 Å². The molecule has 1 aliphatic carbocycles. The highest BCUT2D eigenvalue weighted by atomic mass is 16.7. The first-order chi connectivity index (χ1) is 17.2. The summed E-state index contributed by atoms with van der Waals surface area (Å²) in [5, 5.41) is 3.90. The number of nitrogens with zero attached hydrogens (tertiary/aromatic N) is 1. The lowest BCUT2D eigenvalue weighted by Gasteiger charge is -2.32. The van der Waals surface area contributed by atoms with Gasteiger partial charge in [-0.3, -0.25) is 9.69 Å². The Morgan fingerprint density at radius 3 is 2.31 bits per heavy atom. The zero-order chi connectivity index (χ0) is 23.9. The number of rotatable bonds is 9. The first-order valence-electron chi connectivity index (χ1n) is 12.6. The first kappa shape index (κ1) is 23.3. The van der Waals surface area contributed by atoms with Crippen LogP contribution in [0.2, 0.25) is 0 Å². The molecule has 180 valence electrons. The SMILES string of the molecule is O=C(/C=C/c1ccc(CN2CCC(NC3CC3c3ccccc3)CC2)cc1)NOc1ccccc1. The molecule has 5 heteroatoms. The van der Waals surface area contributed by atoms with Crippen molar-refractivity contribution in [3.05, 3.63) is 108 Å². The lowest BCUT2D eigenvalue weighted by molar-refractivity contribution is -0.122. The summed E-state index contributed by atoms with van der Waals surface area (Å²) in [5.41, 5.74) is 6.19. The minimum atomic E-state index is -0.296. The molecule has 1 amide bonds. The minimum Gasteiger partial charge on any atom is -0.379 e. The van der Waals surface area contributed by atoms with Crippen LogP contribution >= 0.6 is 0 Å². The zero-order valence-corrected chi connectivity index (χ0v) is 20.0. The third-order valence-corrected chi connectivity index (χ3v) is 6.88. The molecule has 0 radical (unpaired) electrons. The highest BCUT2D eigenvalue weighted by molar-refractivity contribution is 5.91. The van der Waals surface area contributed by atoms with Gasteiger partial charge in [0.25, 0.3) is 5.91 Å². The van der Waals surface area contributed by atoms with Crippen molar-refractivity contribution in [2.45, 2.75) is 43.8 Å². The normalized spacial score (nSPS) is 20.6. The maximum Gasteiger partial charge on any atom is 0.276 e. The molecule has 35 heavy (non-hydrogen) atoms. The van der Waals surface area contributed by atoms with Gasteiger partial charge < -0.3 is 10.2 Å². The Kier molecular flexibility index (Phi) is 7.56. The van der Waals surface area contributed by atoms with Crippen LogP contribution in [0.3, 0.4) is 0 Å². The maximum absolute atomic E-state index is 12.0. The third kappa shape index (κ3) is 6.81. The number of likely N-dealkylation sites (tertiary alicyclic amines) is 1. The fourth-order valence-electron chi connectivity index (χ4n) is 4.80. The lowest BCUT2D eigenvalue weighted by Crippen LogP contribution is -2.43. The number of carbonyl (C=O) groups is 1. The summed E-state index contributed by atoms with van der Waals surface area (Å²) in [6, 6.07) is 29.8. The number of hydrogen-bond donors (Lipinski definition) is 2. The van der Waals surface area contributed by atoms with E-state index in [9.17, 15) is 4.79 Å². The molecule has 1 saturated carbocycles. The molecular weight excluding hydrogens is 434 g/mol. The van der Waals surface area contributed by atoms with Crippen LogP contribution in [0.25, 0.3) is 6.08 Å². The van der Waals surface area contributed by atoms with E-state index in [2.05, 4.69) is 70.3 Å². The molecule has 1 heterocycles. The van der Waals surface area contributed by atoms with E-state index in [1.54, 1.807) is 18.2 Å². The minimum absolute atomic E-state index is 0.296. The Balaban J connectivity index is 1.01. The van der Waals surface area contributed by atoms with Gasteiger partial charge in [-0.15, -0.1) is 0 Å². The maximum atomic E-state index is 12.0. The molecule has 2 aliphatic rings. The average molecular weight is 468 g/mol. The van der Waals surface area contributed by atoms with Gasteiger partial charge in [-0.1, -0.05) is 72.8 Å². The predicted molar refractivity (Wildman–Crippen MR) is 140 cm³/mol. The van der Waals surface area contributed by atoms with Crippen LogP contribution in [0.5, 0.6) is 5.75 Å². The largest absolute Gasteiger partial charge is 0.379 e. The molecule has 1 saturated heterocycles. The molecule has 2 N–H and O–H groups in total. The summed E-state index contributed by atoms with van der Waals surface area (Å²) in [7, 11) is 0. The van der Waals surface area contributed by atoms with E-state index < -0.39 is 0 Å². The van der Waals surface area contributed by atoms with E-state index in [0.29, 0.717) is 23.8 Å². The Bertz CT molecular complexity index is 1110. The molecule has 2 atom stereocenters. The molecule has 5 nitrogen and oxygen atoms in total. The second kappa shape index (κ2) is 11.3. The van der Waals surface area contributed by atoms with E-state index in [0.717, 1.165) is 25.2 Å². The fourth-order valence-corrected chi connectivity index (χ4v) is 4.80. The Morgan fingerprint density at radius 1 is 0.914 bits per heavy atom. The van der Waals surface area contributed by atoms with Gasteiger partial charge in [-0.05, 0) is 67.3 Å². The number of benzene rings is 3.